The summed E-state index contributed by atoms with van der Waals surface area (Å²) in [5.41, 5.74) is 1.36. The van der Waals surface area contributed by atoms with Gasteiger partial charge in [-0.05, 0) is 36.8 Å². The van der Waals surface area contributed by atoms with Crippen LogP contribution in [0.15, 0.2) is 60.9 Å². The molecule has 2 atom stereocenters. The Kier molecular flexibility index (Phi) is 3.46. The third-order valence-electron chi connectivity index (χ3n) is 5.01. The first-order valence-electron chi connectivity index (χ1n) is 8.15. The number of imidazole rings is 1. The van der Waals surface area contributed by atoms with E-state index in [0.717, 1.165) is 11.3 Å². The lowest BCUT2D eigenvalue weighted by Gasteiger charge is -2.41. The standard InChI is InChI=1S/C20H18FN3O/c1-20(19-22-11-12-24(19)2)17(13-7-9-14(21)10-8-13)23-16-6-4-3-5-15(16)18(20)25/h3-12,17,23H,1-2H3. The van der Waals surface area contributed by atoms with E-state index in [-0.39, 0.29) is 17.6 Å². The molecule has 1 aliphatic rings. The minimum atomic E-state index is -0.912. The molecule has 0 spiro atoms. The molecular formula is C20H18FN3O. The molecule has 0 amide bonds. The summed E-state index contributed by atoms with van der Waals surface area (Å²) in [4.78, 5) is 17.9. The lowest BCUT2D eigenvalue weighted by Crippen LogP contribution is -2.47. The first-order valence-corrected chi connectivity index (χ1v) is 8.15. The van der Waals surface area contributed by atoms with Gasteiger partial charge in [0, 0.05) is 30.7 Å². The Labute approximate surface area is 145 Å². The van der Waals surface area contributed by atoms with Gasteiger partial charge < -0.3 is 9.88 Å². The predicted molar refractivity (Wildman–Crippen MR) is 94.1 cm³/mol. The molecule has 2 heterocycles. The van der Waals surface area contributed by atoms with Crippen molar-refractivity contribution in [3.05, 3.63) is 83.7 Å². The van der Waals surface area contributed by atoms with Crippen LogP contribution in [0.3, 0.4) is 0 Å². The topological polar surface area (TPSA) is 46.9 Å². The number of nitrogens with zero attached hydrogens (tertiary/aromatic N) is 2. The highest BCUT2D eigenvalue weighted by Crippen LogP contribution is 2.46. The van der Waals surface area contributed by atoms with E-state index >= 15 is 0 Å². The van der Waals surface area contributed by atoms with Crippen LogP contribution in [0.2, 0.25) is 0 Å². The van der Waals surface area contributed by atoms with Crippen molar-refractivity contribution >= 4 is 11.5 Å². The molecule has 0 radical (unpaired) electrons. The molecule has 4 nitrogen and oxygen atoms in total. The van der Waals surface area contributed by atoms with Crippen LogP contribution < -0.4 is 5.32 Å². The monoisotopic (exact) mass is 335 g/mol. The van der Waals surface area contributed by atoms with Crippen molar-refractivity contribution in [1.29, 1.82) is 0 Å². The molecule has 0 saturated carbocycles. The number of aromatic nitrogens is 2. The lowest BCUT2D eigenvalue weighted by molar-refractivity contribution is 0.0859. The summed E-state index contributed by atoms with van der Waals surface area (Å²) in [6.45, 7) is 1.90. The van der Waals surface area contributed by atoms with Crippen molar-refractivity contribution in [2.45, 2.75) is 18.4 Å². The maximum atomic E-state index is 13.5. The van der Waals surface area contributed by atoms with Crippen LogP contribution in [0.4, 0.5) is 10.1 Å². The molecule has 126 valence electrons. The fourth-order valence-electron chi connectivity index (χ4n) is 3.69. The largest absolute Gasteiger partial charge is 0.376 e. The highest BCUT2D eigenvalue weighted by atomic mass is 19.1. The highest BCUT2D eigenvalue weighted by Gasteiger charge is 2.50. The second-order valence-corrected chi connectivity index (χ2v) is 6.57. The second-order valence-electron chi connectivity index (χ2n) is 6.57. The van der Waals surface area contributed by atoms with E-state index in [0.29, 0.717) is 11.4 Å². The summed E-state index contributed by atoms with van der Waals surface area (Å²) in [7, 11) is 1.88. The quantitative estimate of drug-likeness (QED) is 0.773. The number of rotatable bonds is 2. The van der Waals surface area contributed by atoms with Crippen LogP contribution in [-0.4, -0.2) is 15.3 Å². The Morgan fingerprint density at radius 2 is 1.88 bits per heavy atom. The molecule has 3 aromatic rings. The lowest BCUT2D eigenvalue weighted by atomic mass is 9.69. The molecule has 1 aromatic heterocycles. The van der Waals surface area contributed by atoms with Gasteiger partial charge >= 0.3 is 0 Å². The van der Waals surface area contributed by atoms with Gasteiger partial charge in [0.15, 0.2) is 5.78 Å². The molecule has 2 aromatic carbocycles. The van der Waals surface area contributed by atoms with Crippen molar-refractivity contribution in [2.75, 3.05) is 5.32 Å². The Bertz CT molecular complexity index is 948. The number of fused-ring (bicyclic) bond motifs is 1. The van der Waals surface area contributed by atoms with E-state index < -0.39 is 5.41 Å². The first kappa shape index (κ1) is 15.6. The number of para-hydroxylation sites is 1. The summed E-state index contributed by atoms with van der Waals surface area (Å²) in [5, 5.41) is 3.47. The number of halogens is 1. The minimum absolute atomic E-state index is 0.00507. The minimum Gasteiger partial charge on any atom is -0.376 e. The maximum absolute atomic E-state index is 13.5. The van der Waals surface area contributed by atoms with Gasteiger partial charge in [-0.15, -0.1) is 0 Å². The first-order chi connectivity index (χ1) is 12.0. The van der Waals surface area contributed by atoms with E-state index in [1.165, 1.54) is 12.1 Å². The Morgan fingerprint density at radius 1 is 1.16 bits per heavy atom. The fourth-order valence-corrected chi connectivity index (χ4v) is 3.69. The number of Topliss-reactive ketones (excluding diaryl/α,β-unsaturated/α-hetero) is 1. The van der Waals surface area contributed by atoms with Crippen LogP contribution in [0.1, 0.15) is 34.7 Å². The van der Waals surface area contributed by atoms with Gasteiger partial charge in [0.1, 0.15) is 17.1 Å². The molecule has 0 saturated heterocycles. The summed E-state index contributed by atoms with van der Waals surface area (Å²) in [5.74, 6) is 0.379. The van der Waals surface area contributed by atoms with Crippen molar-refractivity contribution in [3.63, 3.8) is 0 Å². The van der Waals surface area contributed by atoms with Crippen LogP contribution in [-0.2, 0) is 12.5 Å². The number of hydrogen-bond donors (Lipinski definition) is 1. The van der Waals surface area contributed by atoms with E-state index in [1.54, 1.807) is 18.3 Å². The summed E-state index contributed by atoms with van der Waals surface area (Å²) in [6.07, 6.45) is 3.52. The second kappa shape index (κ2) is 5.55. The van der Waals surface area contributed by atoms with Crippen molar-refractivity contribution in [3.8, 4) is 0 Å². The summed E-state index contributed by atoms with van der Waals surface area (Å²) >= 11 is 0. The average molecular weight is 335 g/mol. The normalized spacial score (nSPS) is 22.4. The summed E-state index contributed by atoms with van der Waals surface area (Å²) in [6, 6.07) is 13.4. The molecule has 1 N–H and O–H groups in total. The Balaban J connectivity index is 1.95. The van der Waals surface area contributed by atoms with Crippen LogP contribution in [0.5, 0.6) is 0 Å². The number of ketones is 1. The van der Waals surface area contributed by atoms with Gasteiger partial charge in [-0.2, -0.15) is 0 Å². The molecule has 1 aliphatic heterocycles. The van der Waals surface area contributed by atoms with Crippen LogP contribution >= 0.6 is 0 Å². The third kappa shape index (κ3) is 2.27. The zero-order valence-electron chi connectivity index (χ0n) is 14.0. The zero-order valence-corrected chi connectivity index (χ0v) is 14.0. The number of hydrogen-bond acceptors (Lipinski definition) is 3. The average Bonchev–Trinajstić information content (AvgIpc) is 3.06. The van der Waals surface area contributed by atoms with Gasteiger partial charge in [0.2, 0.25) is 0 Å². The van der Waals surface area contributed by atoms with Gasteiger partial charge in [0.25, 0.3) is 0 Å². The molecule has 0 aliphatic carbocycles. The van der Waals surface area contributed by atoms with E-state index in [2.05, 4.69) is 10.3 Å². The Morgan fingerprint density at radius 3 is 2.56 bits per heavy atom. The van der Waals surface area contributed by atoms with Crippen LogP contribution in [0.25, 0.3) is 0 Å². The molecule has 0 bridgehead atoms. The summed E-state index contributed by atoms with van der Waals surface area (Å²) < 4.78 is 15.3. The number of benzene rings is 2. The van der Waals surface area contributed by atoms with Gasteiger partial charge in [0.05, 0.1) is 6.04 Å². The number of nitrogens with one attached hydrogen (secondary N) is 1. The molecule has 4 rings (SSSR count). The number of carbonyl (C=O) groups excluding carboxylic acids is 1. The zero-order chi connectivity index (χ0) is 17.6. The predicted octanol–water partition coefficient (Wildman–Crippen LogP) is 3.87. The van der Waals surface area contributed by atoms with Crippen LogP contribution in [0, 0.1) is 5.82 Å². The fraction of sp³-hybridized carbons (Fsp3) is 0.200. The number of carbonyl (C=O) groups is 1. The highest BCUT2D eigenvalue weighted by molar-refractivity contribution is 6.10. The smallest absolute Gasteiger partial charge is 0.180 e. The number of anilines is 1. The molecular weight excluding hydrogens is 317 g/mol. The molecule has 25 heavy (non-hydrogen) atoms. The van der Waals surface area contributed by atoms with Gasteiger partial charge in [-0.3, -0.25) is 4.79 Å². The molecule has 0 fully saturated rings. The van der Waals surface area contributed by atoms with E-state index in [4.69, 9.17) is 0 Å². The maximum Gasteiger partial charge on any atom is 0.180 e. The van der Waals surface area contributed by atoms with Gasteiger partial charge in [-0.25, -0.2) is 9.37 Å². The van der Waals surface area contributed by atoms with E-state index in [1.807, 2.05) is 49.0 Å². The molecule has 5 heteroatoms. The van der Waals surface area contributed by atoms with E-state index in [9.17, 15) is 9.18 Å². The van der Waals surface area contributed by atoms with Crippen molar-refractivity contribution in [2.24, 2.45) is 7.05 Å². The van der Waals surface area contributed by atoms with Gasteiger partial charge in [-0.1, -0.05) is 24.3 Å². The third-order valence-corrected chi connectivity index (χ3v) is 5.01. The Hall–Kier alpha value is -2.95. The number of aryl methyl sites for hydroxylation is 1. The molecule has 2 unspecified atom stereocenters. The van der Waals surface area contributed by atoms with Crippen molar-refractivity contribution in [1.82, 2.24) is 9.55 Å². The SMILES string of the molecule is Cn1ccnc1C1(C)C(=O)c2ccccc2NC1c1ccc(F)cc1. The van der Waals surface area contributed by atoms with Crippen molar-refractivity contribution < 1.29 is 9.18 Å².